The van der Waals surface area contributed by atoms with Crippen molar-refractivity contribution in [3.8, 4) is 5.75 Å². The molecule has 0 aliphatic heterocycles. The fourth-order valence-electron chi connectivity index (χ4n) is 2.25. The van der Waals surface area contributed by atoms with Gasteiger partial charge >= 0.3 is 0 Å². The highest BCUT2D eigenvalue weighted by Crippen LogP contribution is 2.30. The molecule has 148 valence electrons. The van der Waals surface area contributed by atoms with Crippen molar-refractivity contribution in [2.45, 2.75) is 44.4 Å². The van der Waals surface area contributed by atoms with Crippen LogP contribution in [0.25, 0.3) is 0 Å². The molecule has 0 bridgehead atoms. The van der Waals surface area contributed by atoms with E-state index in [9.17, 15) is 4.39 Å². The number of hydrogen-bond acceptors (Lipinski definition) is 3. The molecule has 1 aromatic rings. The van der Waals surface area contributed by atoms with Gasteiger partial charge in [0.05, 0.1) is 12.6 Å². The van der Waals surface area contributed by atoms with Gasteiger partial charge in [0.15, 0.2) is 17.5 Å². The van der Waals surface area contributed by atoms with Crippen molar-refractivity contribution in [1.82, 2.24) is 10.6 Å². The first kappa shape index (κ1) is 23.3. The first-order chi connectivity index (χ1) is 11.8. The average molecular weight is 495 g/mol. The Bertz CT molecular complexity index is 608. The maximum atomic E-state index is 14.2. The molecule has 2 rings (SSSR count). The van der Waals surface area contributed by atoms with Crippen LogP contribution in [-0.2, 0) is 0 Å². The number of nitrogens with zero attached hydrogens (tertiary/aromatic N) is 1. The van der Waals surface area contributed by atoms with Crippen LogP contribution < -0.4 is 15.4 Å². The third kappa shape index (κ3) is 7.50. The Morgan fingerprint density at radius 1 is 1.42 bits per heavy atom. The highest BCUT2D eigenvalue weighted by atomic mass is 127. The Hall–Kier alpha value is -0.700. The van der Waals surface area contributed by atoms with E-state index in [1.165, 1.54) is 12.8 Å². The topological polar surface area (TPSA) is 45.7 Å². The van der Waals surface area contributed by atoms with Crippen LogP contribution in [-0.4, -0.2) is 37.2 Å². The molecule has 1 unspecified atom stereocenters. The highest BCUT2D eigenvalue weighted by Gasteiger charge is 2.22. The van der Waals surface area contributed by atoms with E-state index in [1.54, 1.807) is 30.9 Å². The van der Waals surface area contributed by atoms with Crippen LogP contribution in [0.4, 0.5) is 4.39 Å². The molecule has 2 N–H and O–H groups in total. The molecular formula is C19H31FIN3OS. The van der Waals surface area contributed by atoms with E-state index in [1.807, 2.05) is 13.0 Å². The Balaban J connectivity index is 0.00000338. The number of hydrogen-bond donors (Lipinski definition) is 2. The molecule has 0 aromatic heterocycles. The summed E-state index contributed by atoms with van der Waals surface area (Å²) in [6.45, 7) is 7.76. The van der Waals surface area contributed by atoms with Gasteiger partial charge in [0.2, 0.25) is 0 Å². The summed E-state index contributed by atoms with van der Waals surface area (Å²) in [7, 11) is 1.74. The van der Waals surface area contributed by atoms with Gasteiger partial charge < -0.3 is 15.4 Å². The summed E-state index contributed by atoms with van der Waals surface area (Å²) in [5.41, 5.74) is 0.864. The molecule has 0 heterocycles. The molecule has 1 aliphatic rings. The van der Waals surface area contributed by atoms with Crippen LogP contribution in [0.15, 0.2) is 23.2 Å². The first-order valence-corrected chi connectivity index (χ1v) is 10.0. The molecule has 26 heavy (non-hydrogen) atoms. The van der Waals surface area contributed by atoms with Gasteiger partial charge in [-0.25, -0.2) is 4.39 Å². The highest BCUT2D eigenvalue weighted by molar-refractivity contribution is 14.0. The number of rotatable bonds is 8. The van der Waals surface area contributed by atoms with Crippen molar-refractivity contribution >= 4 is 41.7 Å². The van der Waals surface area contributed by atoms with E-state index in [0.717, 1.165) is 12.1 Å². The van der Waals surface area contributed by atoms with Crippen molar-refractivity contribution in [3.05, 3.63) is 29.6 Å². The standard InChI is InChI=1S/C19H30FN3OS.HI/c1-13(23-18(21-4)22-12-19(2,3)25-5)15-8-9-17(16(20)10-15)24-11-14-6-7-14;/h8-10,13-14H,6-7,11-12H2,1-5H3,(H2,21,22,23);1H. The van der Waals surface area contributed by atoms with Crippen LogP contribution in [0, 0.1) is 11.7 Å². The smallest absolute Gasteiger partial charge is 0.191 e. The quantitative estimate of drug-likeness (QED) is 0.315. The van der Waals surface area contributed by atoms with Gasteiger partial charge in [-0.15, -0.1) is 24.0 Å². The minimum absolute atomic E-state index is 0. The van der Waals surface area contributed by atoms with Crippen molar-refractivity contribution in [2.24, 2.45) is 10.9 Å². The summed E-state index contributed by atoms with van der Waals surface area (Å²) in [6, 6.07) is 5.11. The average Bonchev–Trinajstić information content (AvgIpc) is 3.41. The van der Waals surface area contributed by atoms with E-state index in [2.05, 4.69) is 35.7 Å². The number of guanidine groups is 1. The second kappa shape index (κ2) is 10.6. The Morgan fingerprint density at radius 3 is 2.65 bits per heavy atom. The predicted octanol–water partition coefficient (Wildman–Crippen LogP) is 4.60. The molecule has 1 saturated carbocycles. The van der Waals surface area contributed by atoms with E-state index < -0.39 is 0 Å². The second-order valence-electron chi connectivity index (χ2n) is 7.20. The lowest BCUT2D eigenvalue weighted by Crippen LogP contribution is -2.44. The molecule has 0 spiro atoms. The number of halogens is 2. The van der Waals surface area contributed by atoms with Crippen molar-refractivity contribution < 1.29 is 9.13 Å². The van der Waals surface area contributed by atoms with E-state index in [0.29, 0.717) is 24.2 Å². The SMILES string of the molecule is CN=C(NCC(C)(C)SC)NC(C)c1ccc(OCC2CC2)c(F)c1.I. The zero-order valence-electron chi connectivity index (χ0n) is 16.3. The number of ether oxygens (including phenoxy) is 1. The Kier molecular flexibility index (Phi) is 9.50. The summed E-state index contributed by atoms with van der Waals surface area (Å²) >= 11 is 1.80. The van der Waals surface area contributed by atoms with Crippen molar-refractivity contribution in [3.63, 3.8) is 0 Å². The van der Waals surface area contributed by atoms with Gasteiger partial charge in [0.25, 0.3) is 0 Å². The Morgan fingerprint density at radius 2 is 2.12 bits per heavy atom. The number of aliphatic imine (C=N–C) groups is 1. The minimum atomic E-state index is -0.307. The van der Waals surface area contributed by atoms with Gasteiger partial charge in [-0.2, -0.15) is 11.8 Å². The normalized spacial score (nSPS) is 15.8. The molecule has 1 aromatic carbocycles. The number of nitrogens with one attached hydrogen (secondary N) is 2. The third-order valence-corrected chi connectivity index (χ3v) is 5.69. The van der Waals surface area contributed by atoms with Crippen molar-refractivity contribution in [1.29, 1.82) is 0 Å². The molecule has 1 fully saturated rings. The molecule has 0 saturated heterocycles. The lowest BCUT2D eigenvalue weighted by atomic mass is 10.1. The van der Waals surface area contributed by atoms with Gasteiger partial charge in [-0.1, -0.05) is 6.07 Å². The van der Waals surface area contributed by atoms with Gasteiger partial charge in [0, 0.05) is 18.3 Å². The van der Waals surface area contributed by atoms with Crippen LogP contribution in [0.5, 0.6) is 5.75 Å². The molecule has 4 nitrogen and oxygen atoms in total. The minimum Gasteiger partial charge on any atom is -0.490 e. The summed E-state index contributed by atoms with van der Waals surface area (Å²) < 4.78 is 19.9. The van der Waals surface area contributed by atoms with E-state index in [4.69, 9.17) is 4.74 Å². The molecule has 7 heteroatoms. The maximum absolute atomic E-state index is 14.2. The zero-order chi connectivity index (χ0) is 18.4. The molecule has 0 amide bonds. The summed E-state index contributed by atoms with van der Waals surface area (Å²) in [4.78, 5) is 4.25. The van der Waals surface area contributed by atoms with E-state index in [-0.39, 0.29) is 40.6 Å². The molecule has 1 aliphatic carbocycles. The van der Waals surface area contributed by atoms with Crippen LogP contribution in [0.2, 0.25) is 0 Å². The number of thioether (sulfide) groups is 1. The monoisotopic (exact) mass is 495 g/mol. The maximum Gasteiger partial charge on any atom is 0.191 e. The summed E-state index contributed by atoms with van der Waals surface area (Å²) in [5.74, 6) is 1.36. The zero-order valence-corrected chi connectivity index (χ0v) is 19.4. The van der Waals surface area contributed by atoms with E-state index >= 15 is 0 Å². The molecule has 0 radical (unpaired) electrons. The fraction of sp³-hybridized carbons (Fsp3) is 0.632. The molecule has 1 atom stereocenters. The molecular weight excluding hydrogens is 464 g/mol. The van der Waals surface area contributed by atoms with Crippen LogP contribution >= 0.6 is 35.7 Å². The number of benzene rings is 1. The summed E-state index contributed by atoms with van der Waals surface area (Å²) in [5, 5.41) is 6.64. The second-order valence-corrected chi connectivity index (χ2v) is 8.71. The third-order valence-electron chi connectivity index (χ3n) is 4.44. The van der Waals surface area contributed by atoms with Gasteiger partial charge in [-0.3, -0.25) is 4.99 Å². The largest absolute Gasteiger partial charge is 0.490 e. The lowest BCUT2D eigenvalue weighted by molar-refractivity contribution is 0.285. The first-order valence-electron chi connectivity index (χ1n) is 8.79. The van der Waals surface area contributed by atoms with Gasteiger partial charge in [0.1, 0.15) is 0 Å². The fourth-order valence-corrected chi connectivity index (χ4v) is 2.46. The van der Waals surface area contributed by atoms with Gasteiger partial charge in [-0.05, 0) is 63.5 Å². The summed E-state index contributed by atoms with van der Waals surface area (Å²) in [6.07, 6.45) is 4.48. The Labute approximate surface area is 178 Å². The van der Waals surface area contributed by atoms with Crippen LogP contribution in [0.3, 0.4) is 0 Å². The van der Waals surface area contributed by atoms with Crippen molar-refractivity contribution in [2.75, 3.05) is 26.5 Å². The predicted molar refractivity (Wildman–Crippen MR) is 121 cm³/mol. The lowest BCUT2D eigenvalue weighted by Gasteiger charge is -2.25. The van der Waals surface area contributed by atoms with Crippen LogP contribution in [0.1, 0.15) is 45.2 Å².